The molecule has 0 spiro atoms. The third-order valence-electron chi connectivity index (χ3n) is 4.00. The average molecular weight is 425 g/mol. The van der Waals surface area contributed by atoms with Gasteiger partial charge in [-0.3, -0.25) is 4.79 Å². The molecule has 1 atom stereocenters. The van der Waals surface area contributed by atoms with Gasteiger partial charge in [-0.25, -0.2) is 4.79 Å². The van der Waals surface area contributed by atoms with Crippen molar-refractivity contribution in [1.29, 1.82) is 0 Å². The Kier molecular flexibility index (Phi) is 8.57. The second-order valence-corrected chi connectivity index (χ2v) is 6.93. The molecule has 1 unspecified atom stereocenters. The number of carbonyl (C=O) groups excluding carboxylic acids is 1. The van der Waals surface area contributed by atoms with E-state index in [-0.39, 0.29) is 22.0 Å². The molecule has 0 saturated heterocycles. The highest BCUT2D eigenvalue weighted by Gasteiger charge is 2.23. The zero-order valence-corrected chi connectivity index (χ0v) is 16.9. The average Bonchev–Trinajstić information content (AvgIpc) is 2.65. The van der Waals surface area contributed by atoms with Crippen molar-refractivity contribution in [2.45, 2.75) is 18.9 Å². The van der Waals surface area contributed by atoms with Crippen molar-refractivity contribution in [2.75, 3.05) is 20.2 Å². The third-order valence-corrected chi connectivity index (χ3v) is 4.63. The zero-order valence-electron chi connectivity index (χ0n) is 15.4. The first-order chi connectivity index (χ1) is 13.4. The number of ether oxygens (including phenoxy) is 1. The molecule has 0 heterocycles. The zero-order chi connectivity index (χ0) is 20.5. The standard InChI is InChI=1S/C20H22Cl2N2O4/c1-23-10-3-11-28-14-8-6-13(7-9-14)12-17(20(26)27)24-19(25)18-15(21)4-2-5-16(18)22/h2,4-9,17,23H,3,10-12H2,1H3,(H,24,25)(H,26,27). The summed E-state index contributed by atoms with van der Waals surface area (Å²) in [5.41, 5.74) is 0.808. The van der Waals surface area contributed by atoms with Gasteiger partial charge in [0.15, 0.2) is 0 Å². The summed E-state index contributed by atoms with van der Waals surface area (Å²) in [7, 11) is 1.88. The number of halogens is 2. The van der Waals surface area contributed by atoms with Crippen molar-refractivity contribution in [3.63, 3.8) is 0 Å². The van der Waals surface area contributed by atoms with Gasteiger partial charge >= 0.3 is 5.97 Å². The van der Waals surface area contributed by atoms with Crippen molar-refractivity contribution >= 4 is 35.1 Å². The summed E-state index contributed by atoms with van der Waals surface area (Å²) in [6.07, 6.45) is 0.999. The van der Waals surface area contributed by atoms with Crippen molar-refractivity contribution in [3.8, 4) is 5.75 Å². The van der Waals surface area contributed by atoms with Gasteiger partial charge in [0.2, 0.25) is 0 Å². The molecule has 2 rings (SSSR count). The van der Waals surface area contributed by atoms with Crippen LogP contribution in [-0.4, -0.2) is 43.2 Å². The Labute approximate surface area is 173 Å². The summed E-state index contributed by atoms with van der Waals surface area (Å²) in [4.78, 5) is 24.0. The molecule has 28 heavy (non-hydrogen) atoms. The van der Waals surface area contributed by atoms with E-state index in [0.717, 1.165) is 18.5 Å². The second kappa shape index (κ2) is 10.9. The highest BCUT2D eigenvalue weighted by Crippen LogP contribution is 2.24. The van der Waals surface area contributed by atoms with E-state index in [2.05, 4.69) is 10.6 Å². The van der Waals surface area contributed by atoms with E-state index in [0.29, 0.717) is 12.4 Å². The Hall–Kier alpha value is -2.28. The lowest BCUT2D eigenvalue weighted by Crippen LogP contribution is -2.42. The Bertz CT molecular complexity index is 792. The molecule has 1 amide bonds. The first-order valence-corrected chi connectivity index (χ1v) is 9.52. The van der Waals surface area contributed by atoms with E-state index in [1.54, 1.807) is 30.3 Å². The number of hydrogen-bond acceptors (Lipinski definition) is 4. The Morgan fingerprint density at radius 2 is 1.75 bits per heavy atom. The molecule has 0 saturated carbocycles. The van der Waals surface area contributed by atoms with Gasteiger partial charge in [-0.15, -0.1) is 0 Å². The maximum absolute atomic E-state index is 12.4. The summed E-state index contributed by atoms with van der Waals surface area (Å²) < 4.78 is 5.61. The Morgan fingerprint density at radius 3 is 2.32 bits per heavy atom. The van der Waals surface area contributed by atoms with E-state index in [1.807, 2.05) is 7.05 Å². The highest BCUT2D eigenvalue weighted by atomic mass is 35.5. The molecule has 6 nitrogen and oxygen atoms in total. The predicted molar refractivity (Wildman–Crippen MR) is 110 cm³/mol. The maximum Gasteiger partial charge on any atom is 0.326 e. The number of hydrogen-bond donors (Lipinski definition) is 3. The lowest BCUT2D eigenvalue weighted by Gasteiger charge is -2.16. The number of aliphatic carboxylic acids is 1. The SMILES string of the molecule is CNCCCOc1ccc(CC(NC(=O)c2c(Cl)cccc2Cl)C(=O)O)cc1. The van der Waals surface area contributed by atoms with E-state index in [4.69, 9.17) is 27.9 Å². The van der Waals surface area contributed by atoms with Crippen molar-refractivity contribution < 1.29 is 19.4 Å². The fourth-order valence-electron chi connectivity index (χ4n) is 2.54. The van der Waals surface area contributed by atoms with E-state index < -0.39 is 17.9 Å². The lowest BCUT2D eigenvalue weighted by atomic mass is 10.1. The van der Waals surface area contributed by atoms with Crippen LogP contribution in [0.2, 0.25) is 10.0 Å². The van der Waals surface area contributed by atoms with Crippen LogP contribution in [0.4, 0.5) is 0 Å². The van der Waals surface area contributed by atoms with Crippen LogP contribution >= 0.6 is 23.2 Å². The summed E-state index contributed by atoms with van der Waals surface area (Å²) in [5, 5.41) is 15.3. The molecule has 150 valence electrons. The minimum absolute atomic E-state index is 0.0578. The predicted octanol–water partition coefficient (Wildman–Crippen LogP) is 3.41. The monoisotopic (exact) mass is 424 g/mol. The molecule has 2 aromatic rings. The molecule has 0 bridgehead atoms. The van der Waals surface area contributed by atoms with Crippen LogP contribution in [0.1, 0.15) is 22.3 Å². The van der Waals surface area contributed by atoms with E-state index >= 15 is 0 Å². The number of carboxylic acids is 1. The van der Waals surface area contributed by atoms with Crippen LogP contribution in [-0.2, 0) is 11.2 Å². The number of amides is 1. The molecule has 0 aliphatic rings. The Morgan fingerprint density at radius 1 is 1.11 bits per heavy atom. The van der Waals surface area contributed by atoms with Gasteiger partial charge in [0.25, 0.3) is 5.91 Å². The number of benzene rings is 2. The van der Waals surface area contributed by atoms with E-state index in [9.17, 15) is 14.7 Å². The fourth-order valence-corrected chi connectivity index (χ4v) is 3.11. The third kappa shape index (κ3) is 6.41. The highest BCUT2D eigenvalue weighted by molar-refractivity contribution is 6.39. The molecule has 0 fully saturated rings. The smallest absolute Gasteiger partial charge is 0.326 e. The summed E-state index contributed by atoms with van der Waals surface area (Å²) in [5.74, 6) is -1.07. The van der Waals surface area contributed by atoms with Crippen molar-refractivity contribution in [2.24, 2.45) is 0 Å². The quantitative estimate of drug-likeness (QED) is 0.508. The first-order valence-electron chi connectivity index (χ1n) is 8.76. The molecule has 0 radical (unpaired) electrons. The van der Waals surface area contributed by atoms with Crippen LogP contribution in [0.15, 0.2) is 42.5 Å². The van der Waals surface area contributed by atoms with Gasteiger partial charge in [-0.1, -0.05) is 41.4 Å². The van der Waals surface area contributed by atoms with Gasteiger partial charge in [0.1, 0.15) is 11.8 Å². The van der Waals surface area contributed by atoms with Gasteiger partial charge < -0.3 is 20.5 Å². The minimum atomic E-state index is -1.15. The first kappa shape index (κ1) is 22.0. The van der Waals surface area contributed by atoms with Crippen LogP contribution in [0.25, 0.3) is 0 Å². The van der Waals surface area contributed by atoms with Crippen molar-refractivity contribution in [3.05, 3.63) is 63.6 Å². The van der Waals surface area contributed by atoms with Crippen LogP contribution in [0, 0.1) is 0 Å². The maximum atomic E-state index is 12.4. The topological polar surface area (TPSA) is 87.7 Å². The number of nitrogens with one attached hydrogen (secondary N) is 2. The molecule has 2 aromatic carbocycles. The van der Waals surface area contributed by atoms with Gasteiger partial charge in [-0.05, 0) is 49.8 Å². The second-order valence-electron chi connectivity index (χ2n) is 6.11. The Balaban J connectivity index is 2.01. The summed E-state index contributed by atoms with van der Waals surface area (Å²) >= 11 is 12.0. The summed E-state index contributed by atoms with van der Waals surface area (Å²) in [6.45, 7) is 1.46. The normalized spacial score (nSPS) is 11.7. The molecule has 0 aliphatic heterocycles. The largest absolute Gasteiger partial charge is 0.494 e. The molecule has 8 heteroatoms. The van der Waals surface area contributed by atoms with Crippen LogP contribution in [0.3, 0.4) is 0 Å². The summed E-state index contributed by atoms with van der Waals surface area (Å²) in [6, 6.07) is 10.6. The molecular weight excluding hydrogens is 403 g/mol. The van der Waals surface area contributed by atoms with Crippen molar-refractivity contribution in [1.82, 2.24) is 10.6 Å². The van der Waals surface area contributed by atoms with Gasteiger partial charge in [-0.2, -0.15) is 0 Å². The van der Waals surface area contributed by atoms with Gasteiger partial charge in [0.05, 0.1) is 22.2 Å². The number of carbonyl (C=O) groups is 2. The van der Waals surface area contributed by atoms with E-state index in [1.165, 1.54) is 12.1 Å². The fraction of sp³-hybridized carbons (Fsp3) is 0.300. The lowest BCUT2D eigenvalue weighted by molar-refractivity contribution is -0.139. The van der Waals surface area contributed by atoms with Crippen LogP contribution in [0.5, 0.6) is 5.75 Å². The minimum Gasteiger partial charge on any atom is -0.494 e. The van der Waals surface area contributed by atoms with Crippen LogP contribution < -0.4 is 15.4 Å². The molecular formula is C20H22Cl2N2O4. The molecule has 0 aromatic heterocycles. The number of rotatable bonds is 10. The molecule has 3 N–H and O–H groups in total. The molecule has 0 aliphatic carbocycles. The van der Waals surface area contributed by atoms with Gasteiger partial charge in [0, 0.05) is 6.42 Å². The number of carboxylic acid groups (broad SMARTS) is 1.